The van der Waals surface area contributed by atoms with Gasteiger partial charge < -0.3 is 29.2 Å². The number of rotatable bonds is 10. The predicted octanol–water partition coefficient (Wildman–Crippen LogP) is 6.43. The van der Waals surface area contributed by atoms with Gasteiger partial charge in [-0.05, 0) is 30.4 Å². The Balaban J connectivity index is 0.00000127. The van der Waals surface area contributed by atoms with Crippen LogP contribution in [0.25, 0.3) is 0 Å². The summed E-state index contributed by atoms with van der Waals surface area (Å²) in [6.07, 6.45) is 2.86. The summed E-state index contributed by atoms with van der Waals surface area (Å²) >= 11 is 0. The second-order valence-corrected chi connectivity index (χ2v) is 10.4. The zero-order valence-corrected chi connectivity index (χ0v) is 23.8. The molecule has 0 aliphatic carbocycles. The molecule has 2 fully saturated rings. The number of benzene rings is 2. The van der Waals surface area contributed by atoms with Crippen molar-refractivity contribution in [3.05, 3.63) is 70.8 Å². The van der Waals surface area contributed by atoms with Crippen LogP contribution < -0.4 is 0 Å². The maximum absolute atomic E-state index is 10.7. The molecule has 2 N–H and O–H groups in total. The second kappa shape index (κ2) is 15.7. The molecule has 2 aromatic carbocycles. The molecule has 6 heteroatoms. The Hall–Kier alpha value is -1.80. The topological polar surface area (TPSA) is 77.4 Å². The van der Waals surface area contributed by atoms with E-state index in [9.17, 15) is 10.2 Å². The highest BCUT2D eigenvalue weighted by Crippen LogP contribution is 2.42. The molecule has 7 unspecified atom stereocenters. The highest BCUT2D eigenvalue weighted by Gasteiger charge is 2.51. The van der Waals surface area contributed by atoms with Crippen LogP contribution in [0, 0.1) is 0 Å². The molecule has 7 atom stereocenters. The fourth-order valence-electron chi connectivity index (χ4n) is 5.03. The fraction of sp³-hybridized carbons (Fsp3) is 0.625. The van der Waals surface area contributed by atoms with Crippen LogP contribution in [0.1, 0.15) is 102 Å². The zero-order chi connectivity index (χ0) is 27.5. The molecule has 2 aliphatic heterocycles. The molecule has 0 radical (unpaired) electrons. The molecule has 0 bridgehead atoms. The lowest BCUT2D eigenvalue weighted by Gasteiger charge is -2.50. The van der Waals surface area contributed by atoms with Crippen molar-refractivity contribution >= 4 is 0 Å². The van der Waals surface area contributed by atoms with Crippen molar-refractivity contribution in [2.75, 3.05) is 6.61 Å². The standard InChI is InChI=1S/C29H40O6.C3H8/c1-4-7-19-10-14-21(15-11-19)28-32-24(9-6-3)26-27(35-28)25(23(31)18-30)33-29(34-26)22-16-12-20(8-5-2)13-17-22;1-3-2/h10-17,23-31H,4-9,18H2,1-3H3;3H2,1-2H3. The zero-order valence-electron chi connectivity index (χ0n) is 23.8. The van der Waals surface area contributed by atoms with Gasteiger partial charge in [0.05, 0.1) is 12.7 Å². The first-order chi connectivity index (χ1) is 18.5. The second-order valence-electron chi connectivity index (χ2n) is 10.4. The highest BCUT2D eigenvalue weighted by atomic mass is 16.8. The number of aryl methyl sites for hydroxylation is 2. The average Bonchev–Trinajstić information content (AvgIpc) is 2.94. The van der Waals surface area contributed by atoms with E-state index in [2.05, 4.69) is 58.9 Å². The van der Waals surface area contributed by atoms with Gasteiger partial charge in [0.2, 0.25) is 0 Å². The molecule has 4 rings (SSSR count). The molecule has 0 amide bonds. The molecule has 38 heavy (non-hydrogen) atoms. The molecule has 212 valence electrons. The molecule has 6 nitrogen and oxygen atoms in total. The van der Waals surface area contributed by atoms with E-state index in [-0.39, 0.29) is 6.10 Å². The summed E-state index contributed by atoms with van der Waals surface area (Å²) in [4.78, 5) is 0. The first kappa shape index (κ1) is 30.7. The van der Waals surface area contributed by atoms with E-state index in [1.54, 1.807) is 0 Å². The Bertz CT molecular complexity index is 915. The van der Waals surface area contributed by atoms with E-state index >= 15 is 0 Å². The first-order valence-electron chi connectivity index (χ1n) is 14.6. The average molecular weight is 529 g/mol. The number of aliphatic hydroxyl groups excluding tert-OH is 2. The van der Waals surface area contributed by atoms with Crippen LogP contribution in [-0.4, -0.2) is 47.3 Å². The Morgan fingerprint density at radius 1 is 0.658 bits per heavy atom. The fourth-order valence-corrected chi connectivity index (χ4v) is 5.03. The van der Waals surface area contributed by atoms with Crippen LogP contribution in [0.2, 0.25) is 0 Å². The van der Waals surface area contributed by atoms with Gasteiger partial charge in [-0.2, -0.15) is 0 Å². The molecule has 0 saturated carbocycles. The summed E-state index contributed by atoms with van der Waals surface area (Å²) in [7, 11) is 0. The summed E-state index contributed by atoms with van der Waals surface area (Å²) in [5.74, 6) is 0. The van der Waals surface area contributed by atoms with Crippen molar-refractivity contribution in [1.82, 2.24) is 0 Å². The van der Waals surface area contributed by atoms with Crippen molar-refractivity contribution < 1.29 is 29.2 Å². The van der Waals surface area contributed by atoms with Gasteiger partial charge in [0, 0.05) is 11.1 Å². The lowest BCUT2D eigenvalue weighted by Crippen LogP contribution is -2.61. The summed E-state index contributed by atoms with van der Waals surface area (Å²) in [6, 6.07) is 16.5. The summed E-state index contributed by atoms with van der Waals surface area (Å²) in [5, 5.41) is 20.5. The van der Waals surface area contributed by atoms with Crippen LogP contribution in [0.15, 0.2) is 48.5 Å². The van der Waals surface area contributed by atoms with E-state index in [0.717, 1.165) is 49.7 Å². The van der Waals surface area contributed by atoms with Crippen molar-refractivity contribution in [2.24, 2.45) is 0 Å². The predicted molar refractivity (Wildman–Crippen MR) is 150 cm³/mol. The maximum atomic E-state index is 10.7. The summed E-state index contributed by atoms with van der Waals surface area (Å²) in [5.41, 5.74) is 4.34. The Kier molecular flexibility index (Phi) is 12.7. The van der Waals surface area contributed by atoms with Crippen LogP contribution in [0.5, 0.6) is 0 Å². The van der Waals surface area contributed by atoms with E-state index in [4.69, 9.17) is 18.9 Å². The highest BCUT2D eigenvalue weighted by molar-refractivity contribution is 5.25. The van der Waals surface area contributed by atoms with Gasteiger partial charge in [0.1, 0.15) is 24.4 Å². The van der Waals surface area contributed by atoms with Gasteiger partial charge in [-0.25, -0.2) is 0 Å². The first-order valence-corrected chi connectivity index (χ1v) is 14.6. The van der Waals surface area contributed by atoms with Crippen molar-refractivity contribution in [3.8, 4) is 0 Å². The SMILES string of the molecule is CCC.CCCc1ccc(C2OC(C(O)CO)C3OC(c4ccc(CCC)cc4)OC(CCC)C3O2)cc1. The van der Waals surface area contributed by atoms with Crippen LogP contribution in [-0.2, 0) is 31.8 Å². The third-order valence-corrected chi connectivity index (χ3v) is 6.88. The number of aliphatic hydroxyl groups is 2. The van der Waals surface area contributed by atoms with Crippen molar-refractivity contribution in [3.63, 3.8) is 0 Å². The molecule has 2 aliphatic rings. The lowest BCUT2D eigenvalue weighted by atomic mass is 9.93. The summed E-state index contributed by atoms with van der Waals surface area (Å²) < 4.78 is 25.5. The largest absolute Gasteiger partial charge is 0.394 e. The molecular weight excluding hydrogens is 480 g/mol. The quantitative estimate of drug-likeness (QED) is 0.370. The molecular formula is C32H48O6. The molecule has 0 spiro atoms. The minimum atomic E-state index is -1.10. The van der Waals surface area contributed by atoms with E-state index < -0.39 is 43.6 Å². The van der Waals surface area contributed by atoms with E-state index in [0.29, 0.717) is 0 Å². The van der Waals surface area contributed by atoms with Crippen molar-refractivity contribution in [1.29, 1.82) is 0 Å². The van der Waals surface area contributed by atoms with Gasteiger partial charge in [-0.1, -0.05) is 109 Å². The van der Waals surface area contributed by atoms with E-state index in [1.165, 1.54) is 17.5 Å². The van der Waals surface area contributed by atoms with Crippen LogP contribution in [0.4, 0.5) is 0 Å². The maximum Gasteiger partial charge on any atom is 0.184 e. The number of hydrogen-bond acceptors (Lipinski definition) is 6. The van der Waals surface area contributed by atoms with Crippen LogP contribution in [0.3, 0.4) is 0 Å². The Morgan fingerprint density at radius 3 is 1.58 bits per heavy atom. The minimum absolute atomic E-state index is 0.224. The molecule has 2 saturated heterocycles. The molecule has 2 heterocycles. The van der Waals surface area contributed by atoms with Gasteiger partial charge >= 0.3 is 0 Å². The molecule has 2 aromatic rings. The van der Waals surface area contributed by atoms with Gasteiger partial charge in [0.15, 0.2) is 12.6 Å². The summed E-state index contributed by atoms with van der Waals surface area (Å²) in [6.45, 7) is 10.3. The normalized spacial score (nSPS) is 27.7. The Morgan fingerprint density at radius 2 is 1.13 bits per heavy atom. The smallest absolute Gasteiger partial charge is 0.184 e. The minimum Gasteiger partial charge on any atom is -0.394 e. The van der Waals surface area contributed by atoms with Gasteiger partial charge in [-0.15, -0.1) is 0 Å². The molecule has 0 aromatic heterocycles. The number of ether oxygens (including phenoxy) is 4. The van der Waals surface area contributed by atoms with E-state index in [1.807, 2.05) is 24.3 Å². The van der Waals surface area contributed by atoms with Crippen LogP contribution >= 0.6 is 0 Å². The third-order valence-electron chi connectivity index (χ3n) is 6.88. The lowest BCUT2D eigenvalue weighted by molar-refractivity contribution is -0.391. The number of fused-ring (bicyclic) bond motifs is 1. The third kappa shape index (κ3) is 7.87. The van der Waals surface area contributed by atoms with Gasteiger partial charge in [0.25, 0.3) is 0 Å². The van der Waals surface area contributed by atoms with Gasteiger partial charge in [-0.3, -0.25) is 0 Å². The Labute approximate surface area is 229 Å². The van der Waals surface area contributed by atoms with Crippen molar-refractivity contribution in [2.45, 2.75) is 123 Å². The number of hydrogen-bond donors (Lipinski definition) is 2. The monoisotopic (exact) mass is 528 g/mol.